The van der Waals surface area contributed by atoms with Crippen LogP contribution in [-0.2, 0) is 16.0 Å². The van der Waals surface area contributed by atoms with Crippen LogP contribution in [0.5, 0.6) is 5.75 Å². The number of aliphatic hydroxyl groups excluding tert-OH is 1. The predicted octanol–water partition coefficient (Wildman–Crippen LogP) is 5.70. The van der Waals surface area contributed by atoms with E-state index in [9.17, 15) is 9.90 Å². The summed E-state index contributed by atoms with van der Waals surface area (Å²) >= 11 is 0. The molecule has 1 N–H and O–H groups in total. The zero-order chi connectivity index (χ0) is 26.4. The highest BCUT2D eigenvalue weighted by Crippen LogP contribution is 2.46. The van der Waals surface area contributed by atoms with Gasteiger partial charge in [-0.3, -0.25) is 4.79 Å². The minimum Gasteiger partial charge on any atom is -0.497 e. The summed E-state index contributed by atoms with van der Waals surface area (Å²) in [6, 6.07) is 17.1. The first-order valence-corrected chi connectivity index (χ1v) is 17.2. The number of rotatable bonds is 9. The minimum atomic E-state index is -1.88. The van der Waals surface area contributed by atoms with Gasteiger partial charge in [-0.2, -0.15) is 0 Å². The molecule has 5 nitrogen and oxygen atoms in total. The van der Waals surface area contributed by atoms with Crippen molar-refractivity contribution in [1.29, 1.82) is 0 Å². The molecule has 37 heavy (non-hydrogen) atoms. The first-order valence-electron chi connectivity index (χ1n) is 14.1. The van der Waals surface area contributed by atoms with Gasteiger partial charge in [-0.1, -0.05) is 62.3 Å². The van der Waals surface area contributed by atoms with E-state index in [1.807, 2.05) is 4.90 Å². The highest BCUT2D eigenvalue weighted by molar-refractivity contribution is 6.91. The molecule has 0 bridgehead atoms. The fraction of sp³-hybridized carbons (Fsp3) is 0.581. The molecule has 0 radical (unpaired) electrons. The van der Waals surface area contributed by atoms with Crippen molar-refractivity contribution >= 4 is 24.9 Å². The van der Waals surface area contributed by atoms with Crippen molar-refractivity contribution in [1.82, 2.24) is 0 Å². The Balaban J connectivity index is 1.46. The van der Waals surface area contributed by atoms with Gasteiger partial charge in [0.2, 0.25) is 5.91 Å². The molecule has 0 unspecified atom stereocenters. The Labute approximate surface area is 224 Å². The van der Waals surface area contributed by atoms with Crippen LogP contribution in [0.1, 0.15) is 57.4 Å². The smallest absolute Gasteiger partial charge is 0.226 e. The van der Waals surface area contributed by atoms with E-state index in [0.717, 1.165) is 50.1 Å². The second kappa shape index (κ2) is 12.6. The quantitative estimate of drug-likeness (QED) is 0.429. The van der Waals surface area contributed by atoms with Crippen LogP contribution in [0.15, 0.2) is 48.5 Å². The highest BCUT2D eigenvalue weighted by Gasteiger charge is 2.50. The maximum Gasteiger partial charge on any atom is 0.226 e. The fourth-order valence-electron chi connectivity index (χ4n) is 6.66. The summed E-state index contributed by atoms with van der Waals surface area (Å²) < 4.78 is 12.1. The number of carbonyl (C=O) groups is 1. The van der Waals surface area contributed by atoms with Crippen LogP contribution in [0.4, 0.5) is 5.69 Å². The van der Waals surface area contributed by atoms with E-state index in [-0.39, 0.29) is 24.7 Å². The van der Waals surface area contributed by atoms with Gasteiger partial charge in [0.25, 0.3) is 0 Å². The molecule has 1 amide bonds. The lowest BCUT2D eigenvalue weighted by Crippen LogP contribution is -2.50. The molecule has 2 fully saturated rings. The van der Waals surface area contributed by atoms with Crippen molar-refractivity contribution in [2.24, 2.45) is 5.92 Å². The summed E-state index contributed by atoms with van der Waals surface area (Å²) in [6.07, 6.45) is 7.89. The van der Waals surface area contributed by atoms with Gasteiger partial charge in [0.05, 0.1) is 27.4 Å². The van der Waals surface area contributed by atoms with E-state index in [2.05, 4.69) is 68.5 Å². The van der Waals surface area contributed by atoms with E-state index in [4.69, 9.17) is 9.47 Å². The molecule has 0 saturated carbocycles. The first kappa shape index (κ1) is 27.9. The number of amides is 1. The zero-order valence-corrected chi connectivity index (χ0v) is 24.1. The van der Waals surface area contributed by atoms with E-state index in [0.29, 0.717) is 24.3 Å². The second-order valence-corrected chi connectivity index (χ2v) is 16.2. The van der Waals surface area contributed by atoms with Crippen LogP contribution in [0.2, 0.25) is 18.6 Å². The molecule has 4 atom stereocenters. The number of methoxy groups -OCH3 is 1. The van der Waals surface area contributed by atoms with Crippen LogP contribution in [-0.4, -0.2) is 51.6 Å². The maximum absolute atomic E-state index is 12.8. The molecule has 2 aromatic rings. The SMILES string of the molecule is COc1ccc([Si](C)(C)[C@H]2[C@H](C)[C@H](CCc3cccc(N4CCCCCCC4=O)c3)O[C@@H]2CCO)cc1. The Hall–Kier alpha value is -2.15. The monoisotopic (exact) mass is 523 g/mol. The van der Waals surface area contributed by atoms with Crippen LogP contribution in [0, 0.1) is 5.92 Å². The molecular weight excluding hydrogens is 478 g/mol. The van der Waals surface area contributed by atoms with Crippen LogP contribution in [0.25, 0.3) is 0 Å². The maximum atomic E-state index is 12.8. The molecule has 4 rings (SSSR count). The van der Waals surface area contributed by atoms with Crippen molar-refractivity contribution in [2.45, 2.75) is 89.1 Å². The van der Waals surface area contributed by atoms with Crippen molar-refractivity contribution in [3.8, 4) is 5.75 Å². The summed E-state index contributed by atoms with van der Waals surface area (Å²) in [7, 11) is -0.176. The Kier molecular flexibility index (Phi) is 9.49. The summed E-state index contributed by atoms with van der Waals surface area (Å²) in [4.78, 5) is 14.7. The number of benzene rings is 2. The third kappa shape index (κ3) is 6.47. The van der Waals surface area contributed by atoms with Gasteiger partial charge in [-0.05, 0) is 73.4 Å². The molecular formula is C31H45NO4Si. The van der Waals surface area contributed by atoms with Gasteiger partial charge < -0.3 is 19.5 Å². The van der Waals surface area contributed by atoms with Crippen molar-refractivity contribution in [2.75, 3.05) is 25.2 Å². The van der Waals surface area contributed by atoms with Crippen LogP contribution in [0.3, 0.4) is 0 Å². The molecule has 0 aliphatic carbocycles. The molecule has 2 aromatic carbocycles. The number of hydrogen-bond donors (Lipinski definition) is 1. The third-order valence-corrected chi connectivity index (χ3v) is 13.1. The summed E-state index contributed by atoms with van der Waals surface area (Å²) in [5.74, 6) is 1.55. The number of carbonyl (C=O) groups excluding carboxylic acids is 1. The summed E-state index contributed by atoms with van der Waals surface area (Å²) in [6.45, 7) is 8.20. The normalized spacial score (nSPS) is 25.1. The molecule has 202 valence electrons. The topological polar surface area (TPSA) is 59.0 Å². The average Bonchev–Trinajstić information content (AvgIpc) is 3.21. The van der Waals surface area contributed by atoms with Gasteiger partial charge in [-0.25, -0.2) is 0 Å². The number of hydrogen-bond acceptors (Lipinski definition) is 4. The highest BCUT2D eigenvalue weighted by atomic mass is 28.3. The van der Waals surface area contributed by atoms with Gasteiger partial charge in [0.15, 0.2) is 0 Å². The Bertz CT molecular complexity index is 1020. The van der Waals surface area contributed by atoms with E-state index in [1.165, 1.54) is 17.2 Å². The summed E-state index contributed by atoms with van der Waals surface area (Å²) in [5.41, 5.74) is 2.73. The van der Waals surface area contributed by atoms with Gasteiger partial charge in [0.1, 0.15) is 5.75 Å². The molecule has 2 aliphatic heterocycles. The Morgan fingerprint density at radius 2 is 1.78 bits per heavy atom. The molecule has 2 heterocycles. The largest absolute Gasteiger partial charge is 0.497 e. The third-order valence-electron chi connectivity index (χ3n) is 8.75. The van der Waals surface area contributed by atoms with Crippen molar-refractivity contribution in [3.63, 3.8) is 0 Å². The van der Waals surface area contributed by atoms with Crippen molar-refractivity contribution < 1.29 is 19.4 Å². The molecule has 0 spiro atoms. The Morgan fingerprint density at radius 1 is 1.03 bits per heavy atom. The first-order chi connectivity index (χ1) is 17.8. The van der Waals surface area contributed by atoms with Crippen molar-refractivity contribution in [3.05, 3.63) is 54.1 Å². The molecule has 0 aromatic heterocycles. The van der Waals surface area contributed by atoms with Crippen LogP contribution >= 0.6 is 0 Å². The second-order valence-electron chi connectivity index (χ2n) is 11.5. The lowest BCUT2D eigenvalue weighted by Gasteiger charge is -2.36. The lowest BCUT2D eigenvalue weighted by atomic mass is 9.95. The van der Waals surface area contributed by atoms with Crippen LogP contribution < -0.4 is 14.8 Å². The zero-order valence-electron chi connectivity index (χ0n) is 23.1. The lowest BCUT2D eigenvalue weighted by molar-refractivity contribution is -0.118. The van der Waals surface area contributed by atoms with E-state index < -0.39 is 8.07 Å². The fourth-order valence-corrected chi connectivity index (χ4v) is 10.8. The minimum absolute atomic E-state index is 0.0822. The average molecular weight is 524 g/mol. The van der Waals surface area contributed by atoms with Gasteiger partial charge >= 0.3 is 0 Å². The van der Waals surface area contributed by atoms with E-state index >= 15 is 0 Å². The number of anilines is 1. The standard InChI is InChI=1S/C31H45NO4Si/c1-23-28(18-13-24-10-9-11-25(22-24)32-20-8-6-5-7-12-30(32)34)36-29(19-21-33)31(23)37(3,4)27-16-14-26(35-2)15-17-27/h9-11,14-17,22-23,28-29,31,33H,5-8,12-13,18-21H2,1-4H3/t23-,28+,29-,31+/m1/s1. The van der Waals surface area contributed by atoms with Gasteiger partial charge in [0, 0.05) is 25.3 Å². The number of ether oxygens (including phenoxy) is 2. The molecule has 6 heteroatoms. The molecule has 2 aliphatic rings. The number of aliphatic hydroxyl groups is 1. The summed E-state index contributed by atoms with van der Waals surface area (Å²) in [5, 5.41) is 11.2. The number of nitrogens with zero attached hydrogens (tertiary/aromatic N) is 1. The van der Waals surface area contributed by atoms with E-state index in [1.54, 1.807) is 7.11 Å². The molecule has 2 saturated heterocycles. The number of aryl methyl sites for hydroxylation is 1. The Morgan fingerprint density at radius 3 is 2.51 bits per heavy atom. The van der Waals surface area contributed by atoms with Gasteiger partial charge in [-0.15, -0.1) is 0 Å². The predicted molar refractivity (Wildman–Crippen MR) is 154 cm³/mol.